The third-order valence-corrected chi connectivity index (χ3v) is 8.51. The summed E-state index contributed by atoms with van der Waals surface area (Å²) in [4.78, 5) is 23.1. The number of nitrogens with zero attached hydrogens (tertiary/aromatic N) is 7. The molecule has 5 rings (SSSR count). The van der Waals surface area contributed by atoms with Crippen molar-refractivity contribution in [3.8, 4) is 5.75 Å². The lowest BCUT2D eigenvalue weighted by Gasteiger charge is -2.25. The summed E-state index contributed by atoms with van der Waals surface area (Å²) < 4.78 is 8.59. The first-order chi connectivity index (χ1) is 19.3. The molecule has 1 saturated heterocycles. The van der Waals surface area contributed by atoms with E-state index in [4.69, 9.17) is 9.72 Å². The highest BCUT2D eigenvalue weighted by atomic mass is 79.9. The van der Waals surface area contributed by atoms with Gasteiger partial charge < -0.3 is 29.5 Å². The number of benzene rings is 2. The van der Waals surface area contributed by atoms with Crippen LogP contribution in [-0.2, 0) is 0 Å². The number of rotatable bonds is 9. The predicted octanol–water partition coefficient (Wildman–Crippen LogP) is 5.84. The van der Waals surface area contributed by atoms with Crippen LogP contribution in [0.3, 0.4) is 0 Å². The molecule has 1 aliphatic rings. The third-order valence-electron chi connectivity index (χ3n) is 7.20. The molecule has 3 heterocycles. The number of nitrogens with one attached hydrogen (secondary N) is 2. The molecule has 1 aliphatic heterocycles. The molecule has 2 N–H and O–H groups in total. The summed E-state index contributed by atoms with van der Waals surface area (Å²) in [7, 11) is 7.98. The van der Waals surface area contributed by atoms with Crippen molar-refractivity contribution in [2.24, 2.45) is 0 Å². The third kappa shape index (κ3) is 5.74. The predicted molar refractivity (Wildman–Crippen MR) is 170 cm³/mol. The Morgan fingerprint density at radius 1 is 1.07 bits per heavy atom. The van der Waals surface area contributed by atoms with E-state index in [-0.39, 0.29) is 0 Å². The number of methoxy groups -OCH3 is 1. The largest absolute Gasteiger partial charge is 0.494 e. The highest BCUT2D eigenvalue weighted by Crippen LogP contribution is 2.39. The zero-order valence-corrected chi connectivity index (χ0v) is 26.0. The van der Waals surface area contributed by atoms with Crippen LogP contribution in [0, 0.1) is 6.92 Å². The van der Waals surface area contributed by atoms with Gasteiger partial charge in [0.25, 0.3) is 0 Å². The zero-order chi connectivity index (χ0) is 28.4. The van der Waals surface area contributed by atoms with Crippen molar-refractivity contribution < 1.29 is 4.74 Å². The maximum Gasteiger partial charge on any atom is 0.229 e. The van der Waals surface area contributed by atoms with Crippen LogP contribution in [0.5, 0.6) is 5.75 Å². The normalized spacial score (nSPS) is 15.1. The maximum absolute atomic E-state index is 5.79. The second kappa shape index (κ2) is 12.0. The summed E-state index contributed by atoms with van der Waals surface area (Å²) in [5.41, 5.74) is 6.58. The van der Waals surface area contributed by atoms with Crippen LogP contribution in [0.1, 0.15) is 12.0 Å². The van der Waals surface area contributed by atoms with Crippen LogP contribution in [0.15, 0.2) is 47.3 Å². The standard InChI is InChI=1S/C28H34BrN9OS/c1-17-13-22(24(39-5)14-23(17)38-12-9-18(16-38)36(2)3)34-28-32-15-19(29)27(35-28)33-21-8-7-20-25(31-11-10-30-20)26(21)37(4)40-6/h7-8,10-11,13-15,18H,9,12,16H2,1-6H3,(H2,32,33,34,35). The molecular weight excluding hydrogens is 590 g/mol. The van der Waals surface area contributed by atoms with Gasteiger partial charge in [-0.05, 0) is 67.1 Å². The summed E-state index contributed by atoms with van der Waals surface area (Å²) in [6, 6.07) is 8.70. The summed E-state index contributed by atoms with van der Waals surface area (Å²) in [6.45, 7) is 4.16. The summed E-state index contributed by atoms with van der Waals surface area (Å²) >= 11 is 5.20. The van der Waals surface area contributed by atoms with Crippen LogP contribution in [0.2, 0.25) is 0 Å². The first kappa shape index (κ1) is 28.2. The molecule has 0 radical (unpaired) electrons. The molecule has 0 bridgehead atoms. The lowest BCUT2D eigenvalue weighted by molar-refractivity contribution is 0.315. The van der Waals surface area contributed by atoms with Crippen molar-refractivity contribution in [3.63, 3.8) is 0 Å². The molecular formula is C28H34BrN9OS. The number of ether oxygens (including phenoxy) is 1. The van der Waals surface area contributed by atoms with E-state index < -0.39 is 0 Å². The molecule has 2 aromatic heterocycles. The van der Waals surface area contributed by atoms with E-state index >= 15 is 0 Å². The second-order valence-corrected chi connectivity index (χ2v) is 11.7. The molecule has 2 aromatic carbocycles. The SMILES string of the molecule is COc1cc(N2CCC(N(C)C)C2)c(C)cc1Nc1ncc(Br)c(Nc2ccc3nccnc3c2N(C)SC)n1. The Labute approximate surface area is 247 Å². The number of hydrogen-bond acceptors (Lipinski definition) is 11. The van der Waals surface area contributed by atoms with Gasteiger partial charge in [-0.25, -0.2) is 4.98 Å². The van der Waals surface area contributed by atoms with Crippen LogP contribution >= 0.6 is 27.9 Å². The van der Waals surface area contributed by atoms with Gasteiger partial charge in [0, 0.05) is 62.8 Å². The molecule has 1 unspecified atom stereocenters. The fraction of sp³-hybridized carbons (Fsp3) is 0.357. The summed E-state index contributed by atoms with van der Waals surface area (Å²) in [6.07, 6.45) is 8.31. The first-order valence-corrected chi connectivity index (χ1v) is 14.9. The van der Waals surface area contributed by atoms with Gasteiger partial charge in [-0.3, -0.25) is 9.97 Å². The quantitative estimate of drug-likeness (QED) is 0.220. The molecule has 0 aliphatic carbocycles. The average Bonchev–Trinajstić information content (AvgIpc) is 3.45. The lowest BCUT2D eigenvalue weighted by atomic mass is 10.1. The number of fused-ring (bicyclic) bond motifs is 1. The smallest absolute Gasteiger partial charge is 0.229 e. The van der Waals surface area contributed by atoms with Crippen molar-refractivity contribution in [2.75, 3.05) is 67.4 Å². The summed E-state index contributed by atoms with van der Waals surface area (Å²) in [5.74, 6) is 1.81. The fourth-order valence-corrected chi connectivity index (χ4v) is 5.62. The van der Waals surface area contributed by atoms with Gasteiger partial charge in [0.1, 0.15) is 17.1 Å². The lowest BCUT2D eigenvalue weighted by Crippen LogP contribution is -2.31. The Morgan fingerprint density at radius 3 is 2.60 bits per heavy atom. The first-order valence-electron chi connectivity index (χ1n) is 13.0. The number of aromatic nitrogens is 4. The minimum Gasteiger partial charge on any atom is -0.494 e. The highest BCUT2D eigenvalue weighted by Gasteiger charge is 2.26. The number of aryl methyl sites for hydroxylation is 1. The van der Waals surface area contributed by atoms with Crippen LogP contribution in [0.4, 0.5) is 34.5 Å². The number of likely N-dealkylation sites (N-methyl/N-ethyl adjacent to an activating group) is 1. The minimum atomic E-state index is 0.449. The van der Waals surface area contributed by atoms with Crippen LogP contribution < -0.4 is 24.6 Å². The highest BCUT2D eigenvalue weighted by molar-refractivity contribution is 9.10. The second-order valence-electron chi connectivity index (χ2n) is 9.90. The monoisotopic (exact) mass is 623 g/mol. The molecule has 40 heavy (non-hydrogen) atoms. The minimum absolute atomic E-state index is 0.449. The Balaban J connectivity index is 1.43. The van der Waals surface area contributed by atoms with E-state index in [1.54, 1.807) is 37.6 Å². The van der Waals surface area contributed by atoms with E-state index in [1.807, 2.05) is 25.4 Å². The van der Waals surface area contributed by atoms with Crippen molar-refractivity contribution in [1.29, 1.82) is 0 Å². The molecule has 1 fully saturated rings. The van der Waals surface area contributed by atoms with Gasteiger partial charge in [-0.2, -0.15) is 4.98 Å². The number of hydrogen-bond donors (Lipinski definition) is 2. The molecule has 210 valence electrons. The molecule has 0 spiro atoms. The Kier molecular flexibility index (Phi) is 8.48. The van der Waals surface area contributed by atoms with Crippen molar-refractivity contribution in [3.05, 3.63) is 52.9 Å². The molecule has 0 amide bonds. The molecule has 0 saturated carbocycles. The van der Waals surface area contributed by atoms with Gasteiger partial charge in [0.2, 0.25) is 5.95 Å². The van der Waals surface area contributed by atoms with Crippen LogP contribution in [-0.4, -0.2) is 78.5 Å². The maximum atomic E-state index is 5.79. The van der Waals surface area contributed by atoms with E-state index in [1.165, 1.54) is 11.3 Å². The van der Waals surface area contributed by atoms with E-state index in [0.29, 0.717) is 17.8 Å². The van der Waals surface area contributed by atoms with Crippen LogP contribution in [0.25, 0.3) is 11.0 Å². The topological polar surface area (TPSA) is 94.6 Å². The van der Waals surface area contributed by atoms with Crippen molar-refractivity contribution >= 4 is 73.4 Å². The number of anilines is 6. The van der Waals surface area contributed by atoms with Gasteiger partial charge >= 0.3 is 0 Å². The van der Waals surface area contributed by atoms with E-state index in [2.05, 4.69) is 88.8 Å². The van der Waals surface area contributed by atoms with E-state index in [0.717, 1.165) is 57.8 Å². The van der Waals surface area contributed by atoms with Crippen molar-refractivity contribution in [1.82, 2.24) is 24.8 Å². The summed E-state index contributed by atoms with van der Waals surface area (Å²) in [5, 5.41) is 6.84. The molecule has 1 atom stereocenters. The molecule has 4 aromatic rings. The Hall–Kier alpha value is -3.35. The van der Waals surface area contributed by atoms with Gasteiger partial charge in [-0.1, -0.05) is 11.9 Å². The zero-order valence-electron chi connectivity index (χ0n) is 23.6. The van der Waals surface area contributed by atoms with Gasteiger partial charge in [0.05, 0.1) is 34.2 Å². The van der Waals surface area contributed by atoms with E-state index in [9.17, 15) is 0 Å². The number of halogens is 1. The Morgan fingerprint density at radius 2 is 1.88 bits per heavy atom. The average molecular weight is 625 g/mol. The Bertz CT molecular complexity index is 1520. The van der Waals surface area contributed by atoms with Gasteiger partial charge in [0.15, 0.2) is 0 Å². The fourth-order valence-electron chi connectivity index (χ4n) is 4.96. The molecule has 12 heteroatoms. The van der Waals surface area contributed by atoms with Crippen molar-refractivity contribution in [2.45, 2.75) is 19.4 Å². The van der Waals surface area contributed by atoms with Gasteiger partial charge in [-0.15, -0.1) is 0 Å². The molecule has 10 nitrogen and oxygen atoms in total.